The van der Waals surface area contributed by atoms with Crippen LogP contribution < -0.4 is 10.6 Å². The van der Waals surface area contributed by atoms with Crippen molar-refractivity contribution in [2.45, 2.75) is 30.7 Å². The molecular weight excluding hydrogens is 269 g/mol. The molecule has 3 N–H and O–H groups in total. The molecule has 1 aliphatic heterocycles. The molecule has 0 radical (unpaired) electrons. The molecule has 0 unspecified atom stereocenters. The highest BCUT2D eigenvalue weighted by atomic mass is 32.2. The van der Waals surface area contributed by atoms with Crippen LogP contribution in [0, 0.1) is 5.82 Å². The number of hydrogen-bond donors (Lipinski definition) is 2. The van der Waals surface area contributed by atoms with Gasteiger partial charge in [-0.2, -0.15) is 0 Å². The Morgan fingerprint density at radius 2 is 1.95 bits per heavy atom. The molecule has 0 aliphatic carbocycles. The van der Waals surface area contributed by atoms with Gasteiger partial charge in [-0.1, -0.05) is 12.5 Å². The molecule has 106 valence electrons. The Labute approximate surface area is 112 Å². The first-order chi connectivity index (χ1) is 9.03. The van der Waals surface area contributed by atoms with Gasteiger partial charge in [0.2, 0.25) is 0 Å². The number of rotatable bonds is 4. The van der Waals surface area contributed by atoms with Crippen molar-refractivity contribution in [1.82, 2.24) is 9.84 Å². The maximum Gasteiger partial charge on any atom is 0.256 e. The Morgan fingerprint density at radius 3 is 2.58 bits per heavy atom. The van der Waals surface area contributed by atoms with Gasteiger partial charge in [0.15, 0.2) is 0 Å². The fourth-order valence-corrected chi connectivity index (χ4v) is 3.34. The molecule has 0 atom stereocenters. The quantitative estimate of drug-likeness (QED) is 0.865. The Hall–Kier alpha value is -1.02. The molecular formula is C12H18FN3O2S. The zero-order valence-electron chi connectivity index (χ0n) is 10.6. The summed E-state index contributed by atoms with van der Waals surface area (Å²) in [6, 6.07) is 3.89. The molecule has 1 heterocycles. The van der Waals surface area contributed by atoms with E-state index in [2.05, 4.69) is 4.83 Å². The third-order valence-corrected chi connectivity index (χ3v) is 4.52. The zero-order valence-corrected chi connectivity index (χ0v) is 11.4. The summed E-state index contributed by atoms with van der Waals surface area (Å²) < 4.78 is 38.0. The van der Waals surface area contributed by atoms with Crippen LogP contribution in [0.25, 0.3) is 0 Å². The minimum Gasteiger partial charge on any atom is -0.326 e. The van der Waals surface area contributed by atoms with E-state index in [1.165, 1.54) is 12.1 Å². The lowest BCUT2D eigenvalue weighted by Crippen LogP contribution is -2.45. The number of sulfonamides is 1. The average Bonchev–Trinajstić information content (AvgIpc) is 2.39. The molecule has 0 spiro atoms. The van der Waals surface area contributed by atoms with Gasteiger partial charge >= 0.3 is 0 Å². The van der Waals surface area contributed by atoms with Crippen LogP contribution in [-0.4, -0.2) is 26.5 Å². The second-order valence-electron chi connectivity index (χ2n) is 4.61. The van der Waals surface area contributed by atoms with Crippen LogP contribution in [0.5, 0.6) is 0 Å². The average molecular weight is 287 g/mol. The van der Waals surface area contributed by atoms with Crippen molar-refractivity contribution in [3.8, 4) is 0 Å². The zero-order chi connectivity index (χ0) is 13.9. The first-order valence-electron chi connectivity index (χ1n) is 6.29. The lowest BCUT2D eigenvalue weighted by atomic mass is 10.2. The van der Waals surface area contributed by atoms with Crippen molar-refractivity contribution in [1.29, 1.82) is 0 Å². The van der Waals surface area contributed by atoms with E-state index in [0.717, 1.165) is 25.3 Å². The number of hydrogen-bond acceptors (Lipinski definition) is 4. The lowest BCUT2D eigenvalue weighted by Gasteiger charge is -2.26. The summed E-state index contributed by atoms with van der Waals surface area (Å²) in [6.45, 7) is 1.47. The summed E-state index contributed by atoms with van der Waals surface area (Å²) in [6.07, 6.45) is 2.97. The maximum absolute atomic E-state index is 13.7. The highest BCUT2D eigenvalue weighted by Crippen LogP contribution is 2.17. The predicted octanol–water partition coefficient (Wildman–Crippen LogP) is 0.964. The van der Waals surface area contributed by atoms with Crippen molar-refractivity contribution in [3.05, 3.63) is 29.6 Å². The highest BCUT2D eigenvalue weighted by molar-refractivity contribution is 7.89. The monoisotopic (exact) mass is 287 g/mol. The normalized spacial score (nSPS) is 17.6. The van der Waals surface area contributed by atoms with Gasteiger partial charge in [0.05, 0.1) is 0 Å². The maximum atomic E-state index is 13.7. The third kappa shape index (κ3) is 3.50. The SMILES string of the molecule is NCc1ccc(F)c(S(=O)(=O)NN2CCCCC2)c1. The Morgan fingerprint density at radius 1 is 1.26 bits per heavy atom. The molecule has 1 aromatic carbocycles. The van der Waals surface area contributed by atoms with E-state index < -0.39 is 15.8 Å². The summed E-state index contributed by atoms with van der Waals surface area (Å²) in [5.74, 6) is -0.762. The smallest absolute Gasteiger partial charge is 0.256 e. The van der Waals surface area contributed by atoms with Gasteiger partial charge < -0.3 is 5.73 Å². The van der Waals surface area contributed by atoms with Crippen LogP contribution in [-0.2, 0) is 16.6 Å². The van der Waals surface area contributed by atoms with Gasteiger partial charge in [0.1, 0.15) is 10.7 Å². The van der Waals surface area contributed by atoms with Gasteiger partial charge in [-0.25, -0.2) is 17.8 Å². The topological polar surface area (TPSA) is 75.4 Å². The van der Waals surface area contributed by atoms with E-state index in [-0.39, 0.29) is 11.4 Å². The fraction of sp³-hybridized carbons (Fsp3) is 0.500. The van der Waals surface area contributed by atoms with Crippen LogP contribution in [0.4, 0.5) is 4.39 Å². The number of piperidine rings is 1. The number of nitrogens with two attached hydrogens (primary N) is 1. The van der Waals surface area contributed by atoms with Crippen LogP contribution in [0.15, 0.2) is 23.1 Å². The lowest BCUT2D eigenvalue weighted by molar-refractivity contribution is 0.199. The van der Waals surface area contributed by atoms with Crippen LogP contribution in [0.3, 0.4) is 0 Å². The summed E-state index contributed by atoms with van der Waals surface area (Å²) in [4.78, 5) is 2.08. The van der Waals surface area contributed by atoms with Crippen molar-refractivity contribution < 1.29 is 12.8 Å². The van der Waals surface area contributed by atoms with E-state index in [0.29, 0.717) is 18.7 Å². The number of nitrogens with one attached hydrogen (secondary N) is 1. The molecule has 0 aromatic heterocycles. The highest BCUT2D eigenvalue weighted by Gasteiger charge is 2.23. The van der Waals surface area contributed by atoms with Crippen LogP contribution in [0.1, 0.15) is 24.8 Å². The molecule has 1 fully saturated rings. The van der Waals surface area contributed by atoms with Gasteiger partial charge in [-0.15, -0.1) is 4.83 Å². The third-order valence-electron chi connectivity index (χ3n) is 3.13. The predicted molar refractivity (Wildman–Crippen MR) is 70.0 cm³/mol. The summed E-state index contributed by atoms with van der Waals surface area (Å²) in [5, 5.41) is 1.62. The molecule has 1 aromatic rings. The van der Waals surface area contributed by atoms with E-state index in [9.17, 15) is 12.8 Å². The number of hydrazine groups is 1. The Bertz CT molecular complexity index is 542. The van der Waals surface area contributed by atoms with E-state index in [1.807, 2.05) is 0 Å². The second kappa shape index (κ2) is 5.96. The first-order valence-corrected chi connectivity index (χ1v) is 7.77. The minimum absolute atomic E-state index is 0.173. The number of nitrogens with zero attached hydrogens (tertiary/aromatic N) is 1. The molecule has 0 saturated carbocycles. The van der Waals surface area contributed by atoms with E-state index >= 15 is 0 Å². The van der Waals surface area contributed by atoms with Gasteiger partial charge in [0.25, 0.3) is 10.0 Å². The summed E-state index contributed by atoms with van der Waals surface area (Å²) in [7, 11) is -3.88. The van der Waals surface area contributed by atoms with Crippen molar-refractivity contribution >= 4 is 10.0 Å². The van der Waals surface area contributed by atoms with E-state index in [1.54, 1.807) is 5.01 Å². The largest absolute Gasteiger partial charge is 0.326 e. The Balaban J connectivity index is 2.23. The van der Waals surface area contributed by atoms with Crippen molar-refractivity contribution in [3.63, 3.8) is 0 Å². The Kier molecular flexibility index (Phi) is 4.51. The second-order valence-corrected chi connectivity index (χ2v) is 6.24. The summed E-state index contributed by atoms with van der Waals surface area (Å²) >= 11 is 0. The first kappa shape index (κ1) is 14.4. The van der Waals surface area contributed by atoms with Gasteiger partial charge in [0, 0.05) is 19.6 Å². The van der Waals surface area contributed by atoms with Crippen LogP contribution >= 0.6 is 0 Å². The van der Waals surface area contributed by atoms with E-state index in [4.69, 9.17) is 5.73 Å². The van der Waals surface area contributed by atoms with Crippen molar-refractivity contribution in [2.75, 3.05) is 13.1 Å². The van der Waals surface area contributed by atoms with Gasteiger partial charge in [-0.05, 0) is 30.5 Å². The molecule has 5 nitrogen and oxygen atoms in total. The summed E-state index contributed by atoms with van der Waals surface area (Å²) in [5.41, 5.74) is 6.03. The molecule has 0 amide bonds. The molecule has 2 rings (SSSR count). The minimum atomic E-state index is -3.88. The van der Waals surface area contributed by atoms with Gasteiger partial charge in [-0.3, -0.25) is 0 Å². The standard InChI is InChI=1S/C12H18FN3O2S/c13-11-5-4-10(9-14)8-12(11)19(17,18)15-16-6-2-1-3-7-16/h4-5,8,15H,1-3,6-7,9,14H2. The number of benzene rings is 1. The molecule has 19 heavy (non-hydrogen) atoms. The van der Waals surface area contributed by atoms with Crippen LogP contribution in [0.2, 0.25) is 0 Å². The fourth-order valence-electron chi connectivity index (χ4n) is 2.09. The molecule has 1 aliphatic rings. The van der Waals surface area contributed by atoms with Crippen molar-refractivity contribution in [2.24, 2.45) is 5.73 Å². The molecule has 1 saturated heterocycles. The molecule has 7 heteroatoms. The molecule has 0 bridgehead atoms. The number of halogens is 1.